The van der Waals surface area contributed by atoms with Crippen molar-refractivity contribution in [2.24, 2.45) is 0 Å². The number of carbonyl (C=O) groups is 2. The van der Waals surface area contributed by atoms with Crippen LogP contribution >= 0.6 is 0 Å². The Morgan fingerprint density at radius 2 is 2.00 bits per heavy atom. The number of benzene rings is 1. The van der Waals surface area contributed by atoms with E-state index in [-0.39, 0.29) is 17.9 Å². The zero-order valence-electron chi connectivity index (χ0n) is 11.6. The summed E-state index contributed by atoms with van der Waals surface area (Å²) in [5, 5.41) is 11.6. The summed E-state index contributed by atoms with van der Waals surface area (Å²) in [6.45, 7) is 2.94. The Morgan fingerprint density at radius 3 is 2.65 bits per heavy atom. The molecular formula is C14H19NO5. The van der Waals surface area contributed by atoms with Crippen LogP contribution in [-0.4, -0.2) is 43.9 Å². The third kappa shape index (κ3) is 5.38. The molecule has 1 aromatic carbocycles. The first kappa shape index (κ1) is 16.1. The summed E-state index contributed by atoms with van der Waals surface area (Å²) in [5.41, 5.74) is 1.30. The van der Waals surface area contributed by atoms with Crippen LogP contribution in [0.25, 0.3) is 0 Å². The first-order valence-electron chi connectivity index (χ1n) is 6.25. The number of methoxy groups -OCH3 is 1. The van der Waals surface area contributed by atoms with Gasteiger partial charge in [0.25, 0.3) is 0 Å². The van der Waals surface area contributed by atoms with Crippen LogP contribution in [0.15, 0.2) is 18.2 Å². The monoisotopic (exact) mass is 281 g/mol. The topological polar surface area (TPSA) is 84.9 Å². The largest absolute Gasteiger partial charge is 0.478 e. The van der Waals surface area contributed by atoms with Gasteiger partial charge < -0.3 is 19.9 Å². The van der Waals surface area contributed by atoms with Gasteiger partial charge in [0, 0.05) is 12.8 Å². The summed E-state index contributed by atoms with van der Waals surface area (Å²) in [5.74, 6) is -1.23. The molecule has 0 aromatic heterocycles. The van der Waals surface area contributed by atoms with Gasteiger partial charge in [-0.05, 0) is 24.6 Å². The third-order valence-electron chi connectivity index (χ3n) is 2.66. The van der Waals surface area contributed by atoms with E-state index in [9.17, 15) is 9.59 Å². The second kappa shape index (κ2) is 8.29. The highest BCUT2D eigenvalue weighted by Crippen LogP contribution is 2.15. The summed E-state index contributed by atoms with van der Waals surface area (Å²) in [6, 6.07) is 4.78. The molecule has 0 fully saturated rings. The standard InChI is InChI=1S/C14H19NO5/c1-10-3-4-11(9-12(10)14(17)18)15-13(16)5-6-20-8-7-19-2/h3-4,9H,5-8H2,1-2H3,(H,15,16)(H,17,18). The Hall–Kier alpha value is -1.92. The van der Waals surface area contributed by atoms with E-state index in [1.807, 2.05) is 0 Å². The molecule has 0 heterocycles. The van der Waals surface area contributed by atoms with Gasteiger partial charge in [-0.1, -0.05) is 6.07 Å². The molecule has 0 saturated carbocycles. The Balaban J connectivity index is 2.46. The minimum atomic E-state index is -1.01. The average molecular weight is 281 g/mol. The van der Waals surface area contributed by atoms with Crippen LogP contribution in [0.5, 0.6) is 0 Å². The number of ether oxygens (including phenoxy) is 2. The molecule has 20 heavy (non-hydrogen) atoms. The summed E-state index contributed by atoms with van der Waals surface area (Å²) in [7, 11) is 1.58. The minimum Gasteiger partial charge on any atom is -0.478 e. The maximum atomic E-state index is 11.6. The van der Waals surface area contributed by atoms with Crippen LogP contribution in [0.2, 0.25) is 0 Å². The fourth-order valence-electron chi connectivity index (χ4n) is 1.56. The van der Waals surface area contributed by atoms with Crippen molar-refractivity contribution in [1.29, 1.82) is 0 Å². The quantitative estimate of drug-likeness (QED) is 0.708. The number of aryl methyl sites for hydroxylation is 1. The zero-order chi connectivity index (χ0) is 15.0. The van der Waals surface area contributed by atoms with Crippen LogP contribution in [0.3, 0.4) is 0 Å². The lowest BCUT2D eigenvalue weighted by Gasteiger charge is -2.08. The molecule has 0 aliphatic carbocycles. The van der Waals surface area contributed by atoms with Gasteiger partial charge in [-0.3, -0.25) is 4.79 Å². The van der Waals surface area contributed by atoms with Gasteiger partial charge in [-0.25, -0.2) is 4.79 Å². The van der Waals surface area contributed by atoms with Gasteiger partial charge >= 0.3 is 5.97 Å². The molecule has 6 heteroatoms. The van der Waals surface area contributed by atoms with E-state index in [2.05, 4.69) is 5.32 Å². The molecule has 0 spiro atoms. The molecular weight excluding hydrogens is 262 g/mol. The number of nitrogens with one attached hydrogen (secondary N) is 1. The summed E-state index contributed by atoms with van der Waals surface area (Å²) in [4.78, 5) is 22.6. The first-order chi connectivity index (χ1) is 9.54. The van der Waals surface area contributed by atoms with Gasteiger partial charge in [0.15, 0.2) is 0 Å². The maximum Gasteiger partial charge on any atom is 0.336 e. The van der Waals surface area contributed by atoms with Crippen LogP contribution in [0.4, 0.5) is 5.69 Å². The summed E-state index contributed by atoms with van der Waals surface area (Å²) < 4.78 is 9.99. The van der Waals surface area contributed by atoms with E-state index < -0.39 is 5.97 Å². The number of hydrogen-bond donors (Lipinski definition) is 2. The molecule has 1 amide bonds. The average Bonchev–Trinajstić information content (AvgIpc) is 2.40. The van der Waals surface area contributed by atoms with E-state index in [1.165, 1.54) is 6.07 Å². The van der Waals surface area contributed by atoms with Gasteiger partial charge in [-0.15, -0.1) is 0 Å². The molecule has 0 saturated heterocycles. The molecule has 2 N–H and O–H groups in total. The smallest absolute Gasteiger partial charge is 0.336 e. The normalized spacial score (nSPS) is 10.3. The molecule has 0 atom stereocenters. The number of anilines is 1. The molecule has 0 unspecified atom stereocenters. The van der Waals surface area contributed by atoms with Crippen molar-refractivity contribution in [2.45, 2.75) is 13.3 Å². The lowest BCUT2D eigenvalue weighted by molar-refractivity contribution is -0.117. The van der Waals surface area contributed by atoms with Crippen LogP contribution < -0.4 is 5.32 Å². The second-order valence-corrected chi connectivity index (χ2v) is 4.24. The molecule has 6 nitrogen and oxygen atoms in total. The van der Waals surface area contributed by atoms with E-state index in [0.29, 0.717) is 31.1 Å². The number of carboxylic acids is 1. The van der Waals surface area contributed by atoms with Gasteiger partial charge in [0.05, 0.1) is 31.8 Å². The number of rotatable bonds is 8. The predicted molar refractivity (Wildman–Crippen MR) is 74.1 cm³/mol. The van der Waals surface area contributed by atoms with Gasteiger partial charge in [0.2, 0.25) is 5.91 Å². The number of carboxylic acid groups (broad SMARTS) is 1. The number of hydrogen-bond acceptors (Lipinski definition) is 4. The van der Waals surface area contributed by atoms with Crippen molar-refractivity contribution < 1.29 is 24.2 Å². The minimum absolute atomic E-state index is 0.180. The van der Waals surface area contributed by atoms with Crippen molar-refractivity contribution in [3.05, 3.63) is 29.3 Å². The highest BCUT2D eigenvalue weighted by atomic mass is 16.5. The molecule has 110 valence electrons. The van der Waals surface area contributed by atoms with Crippen LogP contribution in [-0.2, 0) is 14.3 Å². The third-order valence-corrected chi connectivity index (χ3v) is 2.66. The predicted octanol–water partition coefficient (Wildman–Crippen LogP) is 1.68. The Bertz CT molecular complexity index is 473. The van der Waals surface area contributed by atoms with Gasteiger partial charge in [-0.2, -0.15) is 0 Å². The molecule has 1 aromatic rings. The van der Waals surface area contributed by atoms with Crippen molar-refractivity contribution in [3.8, 4) is 0 Å². The lowest BCUT2D eigenvalue weighted by Crippen LogP contribution is -2.15. The van der Waals surface area contributed by atoms with Crippen LogP contribution in [0.1, 0.15) is 22.3 Å². The maximum absolute atomic E-state index is 11.6. The van der Waals surface area contributed by atoms with E-state index in [0.717, 1.165) is 0 Å². The van der Waals surface area contributed by atoms with Crippen LogP contribution in [0, 0.1) is 6.92 Å². The molecule has 0 aliphatic rings. The van der Waals surface area contributed by atoms with Crippen molar-refractivity contribution in [3.63, 3.8) is 0 Å². The van der Waals surface area contributed by atoms with Crippen molar-refractivity contribution >= 4 is 17.6 Å². The number of amides is 1. The molecule has 1 rings (SSSR count). The summed E-state index contributed by atoms with van der Waals surface area (Å²) >= 11 is 0. The zero-order valence-corrected chi connectivity index (χ0v) is 11.6. The molecule has 0 aliphatic heterocycles. The Kier molecular flexibility index (Phi) is 6.69. The van der Waals surface area contributed by atoms with E-state index in [4.69, 9.17) is 14.6 Å². The first-order valence-corrected chi connectivity index (χ1v) is 6.25. The molecule has 0 bridgehead atoms. The second-order valence-electron chi connectivity index (χ2n) is 4.24. The number of carbonyl (C=O) groups excluding carboxylic acids is 1. The van der Waals surface area contributed by atoms with E-state index in [1.54, 1.807) is 26.2 Å². The fraction of sp³-hybridized carbons (Fsp3) is 0.429. The summed E-state index contributed by atoms with van der Waals surface area (Å²) in [6.07, 6.45) is 0.208. The SMILES string of the molecule is COCCOCCC(=O)Nc1ccc(C)c(C(=O)O)c1. The fourth-order valence-corrected chi connectivity index (χ4v) is 1.56. The highest BCUT2D eigenvalue weighted by molar-refractivity contribution is 5.94. The van der Waals surface area contributed by atoms with Crippen molar-refractivity contribution in [2.75, 3.05) is 32.2 Å². The van der Waals surface area contributed by atoms with E-state index >= 15 is 0 Å². The Labute approximate surface area is 117 Å². The molecule has 0 radical (unpaired) electrons. The van der Waals surface area contributed by atoms with Gasteiger partial charge in [0.1, 0.15) is 0 Å². The van der Waals surface area contributed by atoms with Crippen molar-refractivity contribution in [1.82, 2.24) is 0 Å². The Morgan fingerprint density at radius 1 is 1.25 bits per heavy atom. The highest BCUT2D eigenvalue weighted by Gasteiger charge is 2.09. The lowest BCUT2D eigenvalue weighted by atomic mass is 10.1. The number of aromatic carboxylic acids is 1.